The Bertz CT molecular complexity index is 3570. The normalized spacial score (nSPS) is 11.8. The largest absolute Gasteiger partial charge is 0.309 e. The molecule has 2 aromatic heterocycles. The van der Waals surface area contributed by atoms with Gasteiger partial charge in [0, 0.05) is 32.9 Å². The fourth-order valence-corrected chi connectivity index (χ4v) is 10.1. The maximum absolute atomic E-state index is 2.43. The van der Waals surface area contributed by atoms with Crippen molar-refractivity contribution in [1.29, 1.82) is 0 Å². The summed E-state index contributed by atoms with van der Waals surface area (Å²) in [5.74, 6) is 0. The molecule has 10 aromatic carbocycles. The predicted octanol–water partition coefficient (Wildman–Crippen LogP) is 16.1. The van der Waals surface area contributed by atoms with E-state index in [4.69, 9.17) is 0 Å². The first kappa shape index (κ1) is 35.3. The second kappa shape index (κ2) is 14.3. The Labute approximate surface area is 355 Å². The lowest BCUT2D eigenvalue weighted by atomic mass is 9.86. The highest BCUT2D eigenvalue weighted by molar-refractivity contribution is 6.21. The fourth-order valence-electron chi connectivity index (χ4n) is 10.1. The SMILES string of the molecule is CCCc1ccc(-n2c3ccccc3c3cc(-c4ccc5c(c4)c4ccccc4n5-c4ccc(-c5c6ccccc6c(-c6ccccc6)c6ccccc56)cc4)ccc32)cc1. The topological polar surface area (TPSA) is 9.86 Å². The predicted molar refractivity (Wildman–Crippen MR) is 260 cm³/mol. The van der Waals surface area contributed by atoms with Gasteiger partial charge >= 0.3 is 0 Å². The molecule has 0 spiro atoms. The lowest BCUT2D eigenvalue weighted by Gasteiger charge is -2.18. The van der Waals surface area contributed by atoms with Gasteiger partial charge in [-0.15, -0.1) is 0 Å². The Morgan fingerprint density at radius 2 is 0.656 bits per heavy atom. The van der Waals surface area contributed by atoms with Crippen molar-refractivity contribution in [2.75, 3.05) is 0 Å². The molecule has 0 N–H and O–H groups in total. The molecule has 61 heavy (non-hydrogen) atoms. The van der Waals surface area contributed by atoms with E-state index >= 15 is 0 Å². The van der Waals surface area contributed by atoms with E-state index in [9.17, 15) is 0 Å². The Kier molecular flexibility index (Phi) is 8.24. The molecule has 0 aliphatic heterocycles. The Morgan fingerprint density at radius 3 is 1.11 bits per heavy atom. The molecule has 0 saturated heterocycles. The van der Waals surface area contributed by atoms with Crippen LogP contribution in [0.4, 0.5) is 0 Å². The van der Waals surface area contributed by atoms with E-state index in [1.807, 2.05) is 0 Å². The molecule has 0 aliphatic rings. The van der Waals surface area contributed by atoms with Crippen molar-refractivity contribution in [3.63, 3.8) is 0 Å². The summed E-state index contributed by atoms with van der Waals surface area (Å²) in [4.78, 5) is 0. The van der Waals surface area contributed by atoms with E-state index in [-0.39, 0.29) is 0 Å². The van der Waals surface area contributed by atoms with Crippen LogP contribution < -0.4 is 0 Å². The summed E-state index contributed by atoms with van der Waals surface area (Å²) < 4.78 is 4.84. The molecule has 0 aliphatic carbocycles. The first-order valence-electron chi connectivity index (χ1n) is 21.5. The summed E-state index contributed by atoms with van der Waals surface area (Å²) in [6.07, 6.45) is 2.25. The Morgan fingerprint density at radius 1 is 0.295 bits per heavy atom. The summed E-state index contributed by atoms with van der Waals surface area (Å²) in [5.41, 5.74) is 16.0. The number of aryl methyl sites for hydroxylation is 1. The second-order valence-electron chi connectivity index (χ2n) is 16.3. The van der Waals surface area contributed by atoms with Gasteiger partial charge in [-0.3, -0.25) is 0 Å². The third kappa shape index (κ3) is 5.64. The third-order valence-corrected chi connectivity index (χ3v) is 12.8. The zero-order valence-electron chi connectivity index (χ0n) is 34.0. The molecule has 0 radical (unpaired) electrons. The van der Waals surface area contributed by atoms with Crippen LogP contribution in [0, 0.1) is 0 Å². The Hall–Kier alpha value is -7.68. The third-order valence-electron chi connectivity index (χ3n) is 12.8. The molecule has 0 amide bonds. The molecular weight excluding hydrogens is 737 g/mol. The number of benzene rings is 10. The van der Waals surface area contributed by atoms with Crippen LogP contribution in [0.1, 0.15) is 18.9 Å². The molecular formula is C59H42N2. The average Bonchev–Trinajstić information content (AvgIpc) is 3.84. The van der Waals surface area contributed by atoms with Crippen LogP contribution >= 0.6 is 0 Å². The standard InChI is InChI=1S/C59H42N2/c1-2-14-39-25-31-44(32-26-39)60-54-23-12-10-17-46(54)52-37-42(29-35-56(52)60)43-30-36-57-53(38-43)47-18-11-13-24-55(47)61(57)45-33-27-41(28-34-45)59-50-21-8-6-19-48(50)58(40-15-4-3-5-16-40)49-20-7-9-22-51(49)59/h3-13,15-38H,2,14H2,1H3. The van der Waals surface area contributed by atoms with Crippen LogP contribution in [0.15, 0.2) is 212 Å². The van der Waals surface area contributed by atoms with Gasteiger partial charge in [-0.05, 0) is 128 Å². The van der Waals surface area contributed by atoms with Crippen LogP contribution in [-0.2, 0) is 6.42 Å². The van der Waals surface area contributed by atoms with Crippen molar-refractivity contribution >= 4 is 65.2 Å². The molecule has 0 fully saturated rings. The fraction of sp³-hybridized carbons (Fsp3) is 0.0508. The zero-order chi connectivity index (χ0) is 40.4. The van der Waals surface area contributed by atoms with Crippen LogP contribution in [-0.4, -0.2) is 9.13 Å². The number of hydrogen-bond donors (Lipinski definition) is 0. The molecule has 2 nitrogen and oxygen atoms in total. The van der Waals surface area contributed by atoms with E-state index in [1.54, 1.807) is 0 Å². The quantitative estimate of drug-likeness (QED) is 0.143. The highest BCUT2D eigenvalue weighted by atomic mass is 15.0. The average molecular weight is 779 g/mol. The molecule has 0 unspecified atom stereocenters. The minimum Gasteiger partial charge on any atom is -0.309 e. The lowest BCUT2D eigenvalue weighted by Crippen LogP contribution is -1.95. The molecule has 288 valence electrons. The number of nitrogens with zero attached hydrogens (tertiary/aromatic N) is 2. The van der Waals surface area contributed by atoms with Crippen molar-refractivity contribution < 1.29 is 0 Å². The minimum atomic E-state index is 1.10. The van der Waals surface area contributed by atoms with Gasteiger partial charge in [0.05, 0.1) is 22.1 Å². The zero-order valence-corrected chi connectivity index (χ0v) is 34.0. The van der Waals surface area contributed by atoms with Gasteiger partial charge < -0.3 is 9.13 Å². The molecule has 0 saturated carbocycles. The van der Waals surface area contributed by atoms with Crippen LogP contribution in [0.3, 0.4) is 0 Å². The monoisotopic (exact) mass is 778 g/mol. The van der Waals surface area contributed by atoms with Gasteiger partial charge in [0.2, 0.25) is 0 Å². The van der Waals surface area contributed by atoms with E-state index < -0.39 is 0 Å². The number of hydrogen-bond acceptors (Lipinski definition) is 0. The summed E-state index contributed by atoms with van der Waals surface area (Å²) in [6.45, 7) is 2.24. The highest BCUT2D eigenvalue weighted by Crippen LogP contribution is 2.44. The maximum atomic E-state index is 2.43. The number of aromatic nitrogens is 2. The maximum Gasteiger partial charge on any atom is 0.0541 e. The minimum absolute atomic E-state index is 1.10. The van der Waals surface area contributed by atoms with Gasteiger partial charge in [-0.25, -0.2) is 0 Å². The first-order valence-corrected chi connectivity index (χ1v) is 21.5. The Balaban J connectivity index is 0.971. The number of fused-ring (bicyclic) bond motifs is 8. The van der Waals surface area contributed by atoms with Crippen LogP contribution in [0.5, 0.6) is 0 Å². The van der Waals surface area contributed by atoms with Crippen molar-refractivity contribution in [3.8, 4) is 44.8 Å². The second-order valence-corrected chi connectivity index (χ2v) is 16.3. The van der Waals surface area contributed by atoms with Crippen LogP contribution in [0.2, 0.25) is 0 Å². The highest BCUT2D eigenvalue weighted by Gasteiger charge is 2.19. The van der Waals surface area contributed by atoms with E-state index in [2.05, 4.69) is 228 Å². The van der Waals surface area contributed by atoms with Gasteiger partial charge in [0.15, 0.2) is 0 Å². The van der Waals surface area contributed by atoms with Gasteiger partial charge in [-0.2, -0.15) is 0 Å². The summed E-state index contributed by atoms with van der Waals surface area (Å²) in [6, 6.07) is 78.5. The van der Waals surface area contributed by atoms with Crippen molar-refractivity contribution in [1.82, 2.24) is 9.13 Å². The first-order chi connectivity index (χ1) is 30.2. The van der Waals surface area contributed by atoms with Gasteiger partial charge in [0.25, 0.3) is 0 Å². The van der Waals surface area contributed by atoms with E-state index in [0.29, 0.717) is 0 Å². The van der Waals surface area contributed by atoms with Crippen LogP contribution in [0.25, 0.3) is 110 Å². The summed E-state index contributed by atoms with van der Waals surface area (Å²) in [7, 11) is 0. The molecule has 0 atom stereocenters. The molecule has 0 bridgehead atoms. The van der Waals surface area contributed by atoms with Crippen molar-refractivity contribution in [2.45, 2.75) is 19.8 Å². The lowest BCUT2D eigenvalue weighted by molar-refractivity contribution is 0.921. The summed E-state index contributed by atoms with van der Waals surface area (Å²) in [5, 5.41) is 10.1. The van der Waals surface area contributed by atoms with Gasteiger partial charge in [0.1, 0.15) is 0 Å². The van der Waals surface area contributed by atoms with Gasteiger partial charge in [-0.1, -0.05) is 165 Å². The summed E-state index contributed by atoms with van der Waals surface area (Å²) >= 11 is 0. The van der Waals surface area contributed by atoms with Crippen molar-refractivity contribution in [2.24, 2.45) is 0 Å². The molecule has 12 rings (SSSR count). The van der Waals surface area contributed by atoms with E-state index in [1.165, 1.54) is 110 Å². The molecule has 12 aromatic rings. The smallest absolute Gasteiger partial charge is 0.0541 e. The number of para-hydroxylation sites is 2. The number of rotatable bonds is 7. The van der Waals surface area contributed by atoms with E-state index in [0.717, 1.165) is 18.5 Å². The van der Waals surface area contributed by atoms with Crippen molar-refractivity contribution in [3.05, 3.63) is 218 Å². The molecule has 2 heterocycles. The molecule has 2 heteroatoms.